The molecule has 9 heteroatoms. The van der Waals surface area contributed by atoms with E-state index in [1.807, 2.05) is 5.43 Å². The molecule has 0 bridgehead atoms. The minimum Gasteiger partial charge on any atom is -0.289 e. The Morgan fingerprint density at radius 3 is 2.74 bits per heavy atom. The zero-order valence-electron chi connectivity index (χ0n) is 11.7. The smallest absolute Gasteiger partial charge is 0.289 e. The number of halogens is 4. The third-order valence-corrected chi connectivity index (χ3v) is 4.10. The number of nitrogens with two attached hydrogens (primary N) is 1. The first-order valence-corrected chi connectivity index (χ1v) is 7.19. The number of nitrogens with one attached hydrogen (secondary N) is 1. The summed E-state index contributed by atoms with van der Waals surface area (Å²) in [4.78, 5) is 11.8. The standard InChI is InChI=1S/C14H12ClF3N4O/c15-9-5-4-7(14(16,17)18)6-11(9)22-10-3-1-2-8(10)12(21-22)13(23)20-19/h4-6H,1-3,19H2,(H,20,23). The maximum Gasteiger partial charge on any atom is 0.416 e. The van der Waals surface area contributed by atoms with Crippen molar-refractivity contribution in [2.24, 2.45) is 5.84 Å². The topological polar surface area (TPSA) is 72.9 Å². The van der Waals surface area contributed by atoms with Crippen molar-refractivity contribution in [1.82, 2.24) is 15.2 Å². The molecule has 2 aromatic rings. The number of alkyl halides is 3. The van der Waals surface area contributed by atoms with E-state index in [0.29, 0.717) is 24.1 Å². The number of hydrogen-bond donors (Lipinski definition) is 2. The summed E-state index contributed by atoms with van der Waals surface area (Å²) in [6.45, 7) is 0. The summed E-state index contributed by atoms with van der Waals surface area (Å²) in [6, 6.07) is 3.01. The Morgan fingerprint density at radius 1 is 1.35 bits per heavy atom. The molecule has 1 aliphatic carbocycles. The summed E-state index contributed by atoms with van der Waals surface area (Å²) in [5.41, 5.74) is 2.76. The number of hydrazine groups is 1. The second-order valence-electron chi connectivity index (χ2n) is 5.18. The third-order valence-electron chi connectivity index (χ3n) is 3.78. The minimum absolute atomic E-state index is 0.0933. The van der Waals surface area contributed by atoms with E-state index >= 15 is 0 Å². The van der Waals surface area contributed by atoms with Crippen molar-refractivity contribution in [3.8, 4) is 5.69 Å². The number of hydrogen-bond acceptors (Lipinski definition) is 3. The van der Waals surface area contributed by atoms with E-state index in [4.69, 9.17) is 17.4 Å². The normalized spacial score (nSPS) is 14.0. The van der Waals surface area contributed by atoms with E-state index in [9.17, 15) is 18.0 Å². The van der Waals surface area contributed by atoms with Gasteiger partial charge in [-0.25, -0.2) is 10.5 Å². The van der Waals surface area contributed by atoms with Crippen LogP contribution in [0, 0.1) is 0 Å². The fourth-order valence-electron chi connectivity index (χ4n) is 2.74. The molecule has 0 spiro atoms. The lowest BCUT2D eigenvalue weighted by atomic mass is 10.1. The average Bonchev–Trinajstić information content (AvgIpc) is 3.08. The fourth-order valence-corrected chi connectivity index (χ4v) is 2.94. The van der Waals surface area contributed by atoms with Gasteiger partial charge >= 0.3 is 6.18 Å². The molecule has 1 aromatic heterocycles. The molecule has 23 heavy (non-hydrogen) atoms. The third kappa shape index (κ3) is 2.68. The number of carbonyl (C=O) groups is 1. The minimum atomic E-state index is -4.49. The molecule has 3 rings (SSSR count). The monoisotopic (exact) mass is 344 g/mol. The summed E-state index contributed by atoms with van der Waals surface area (Å²) >= 11 is 6.05. The van der Waals surface area contributed by atoms with Crippen molar-refractivity contribution in [3.05, 3.63) is 45.7 Å². The van der Waals surface area contributed by atoms with Gasteiger partial charge in [0.1, 0.15) is 0 Å². The Bertz CT molecular complexity index is 785. The van der Waals surface area contributed by atoms with Crippen molar-refractivity contribution in [2.75, 3.05) is 0 Å². The number of amides is 1. The summed E-state index contributed by atoms with van der Waals surface area (Å²) in [5, 5.41) is 4.25. The van der Waals surface area contributed by atoms with Crippen LogP contribution in [0.1, 0.15) is 33.7 Å². The average molecular weight is 345 g/mol. The number of aromatic nitrogens is 2. The van der Waals surface area contributed by atoms with Crippen molar-refractivity contribution in [1.29, 1.82) is 0 Å². The van der Waals surface area contributed by atoms with Crippen LogP contribution < -0.4 is 11.3 Å². The molecule has 0 saturated heterocycles. The summed E-state index contributed by atoms with van der Waals surface area (Å²) < 4.78 is 40.1. The van der Waals surface area contributed by atoms with Crippen molar-refractivity contribution in [2.45, 2.75) is 25.4 Å². The molecule has 1 heterocycles. The van der Waals surface area contributed by atoms with E-state index in [0.717, 1.165) is 18.6 Å². The highest BCUT2D eigenvalue weighted by atomic mass is 35.5. The molecule has 1 amide bonds. The van der Waals surface area contributed by atoms with Crippen LogP contribution >= 0.6 is 11.6 Å². The van der Waals surface area contributed by atoms with E-state index in [2.05, 4.69) is 5.10 Å². The molecule has 1 aromatic carbocycles. The number of benzene rings is 1. The van der Waals surface area contributed by atoms with Crippen molar-refractivity contribution < 1.29 is 18.0 Å². The van der Waals surface area contributed by atoms with E-state index in [1.165, 1.54) is 10.7 Å². The highest BCUT2D eigenvalue weighted by Crippen LogP contribution is 2.35. The first kappa shape index (κ1) is 15.8. The predicted octanol–water partition coefficient (Wildman–Crippen LogP) is 2.64. The SMILES string of the molecule is NNC(=O)c1nn(-c2cc(C(F)(F)F)ccc2Cl)c2c1CCC2. The lowest BCUT2D eigenvalue weighted by molar-refractivity contribution is -0.137. The van der Waals surface area contributed by atoms with Gasteiger partial charge in [0.15, 0.2) is 5.69 Å². The molecule has 0 radical (unpaired) electrons. The van der Waals surface area contributed by atoms with Gasteiger partial charge in [-0.05, 0) is 37.5 Å². The van der Waals surface area contributed by atoms with Gasteiger partial charge in [-0.3, -0.25) is 10.2 Å². The van der Waals surface area contributed by atoms with Crippen LogP contribution in [-0.2, 0) is 19.0 Å². The van der Waals surface area contributed by atoms with Gasteiger partial charge in [0, 0.05) is 11.3 Å². The number of nitrogens with zero attached hydrogens (tertiary/aromatic N) is 2. The molecule has 0 unspecified atom stereocenters. The molecule has 0 atom stereocenters. The lowest BCUT2D eigenvalue weighted by Gasteiger charge is -2.12. The van der Waals surface area contributed by atoms with Gasteiger partial charge in [0.05, 0.1) is 16.3 Å². The Hall–Kier alpha value is -2.06. The Labute approximate surface area is 134 Å². The second kappa shape index (κ2) is 5.54. The van der Waals surface area contributed by atoms with Crippen LogP contribution in [0.25, 0.3) is 5.69 Å². The van der Waals surface area contributed by atoms with Crippen molar-refractivity contribution >= 4 is 17.5 Å². The van der Waals surface area contributed by atoms with E-state index in [1.54, 1.807) is 0 Å². The van der Waals surface area contributed by atoms with Gasteiger partial charge in [0.2, 0.25) is 0 Å². The van der Waals surface area contributed by atoms with Gasteiger partial charge < -0.3 is 0 Å². The van der Waals surface area contributed by atoms with Crippen LogP contribution in [0.5, 0.6) is 0 Å². The van der Waals surface area contributed by atoms with Crippen molar-refractivity contribution in [3.63, 3.8) is 0 Å². The largest absolute Gasteiger partial charge is 0.416 e. The van der Waals surface area contributed by atoms with Gasteiger partial charge in [-0.1, -0.05) is 11.6 Å². The van der Waals surface area contributed by atoms with E-state index < -0.39 is 17.6 Å². The van der Waals surface area contributed by atoms with Gasteiger partial charge in [0.25, 0.3) is 5.91 Å². The Kier molecular flexibility index (Phi) is 3.81. The molecule has 0 aliphatic heterocycles. The molecule has 3 N–H and O–H groups in total. The van der Waals surface area contributed by atoms with Crippen LogP contribution in [0.15, 0.2) is 18.2 Å². The Morgan fingerprint density at radius 2 is 2.09 bits per heavy atom. The summed E-state index contributed by atoms with van der Waals surface area (Å²) in [5.74, 6) is 4.55. The first-order chi connectivity index (χ1) is 10.8. The van der Waals surface area contributed by atoms with Crippen LogP contribution in [0.3, 0.4) is 0 Å². The lowest BCUT2D eigenvalue weighted by Crippen LogP contribution is -2.31. The maximum atomic E-state index is 12.9. The summed E-state index contributed by atoms with van der Waals surface area (Å²) in [6.07, 6.45) is -2.48. The number of carbonyl (C=O) groups excluding carboxylic acids is 1. The quantitative estimate of drug-likeness (QED) is 0.500. The number of rotatable bonds is 2. The molecule has 1 aliphatic rings. The van der Waals surface area contributed by atoms with Gasteiger partial charge in [-0.15, -0.1) is 0 Å². The summed E-state index contributed by atoms with van der Waals surface area (Å²) in [7, 11) is 0. The second-order valence-corrected chi connectivity index (χ2v) is 5.58. The zero-order chi connectivity index (χ0) is 16.8. The molecule has 5 nitrogen and oxygen atoms in total. The highest BCUT2D eigenvalue weighted by Gasteiger charge is 2.32. The highest BCUT2D eigenvalue weighted by molar-refractivity contribution is 6.32. The fraction of sp³-hybridized carbons (Fsp3) is 0.286. The Balaban J connectivity index is 2.18. The number of nitrogen functional groups attached to an aromatic ring is 1. The molecular weight excluding hydrogens is 333 g/mol. The number of fused-ring (bicyclic) bond motifs is 1. The van der Waals surface area contributed by atoms with Crippen LogP contribution in [0.4, 0.5) is 13.2 Å². The van der Waals surface area contributed by atoms with E-state index in [-0.39, 0.29) is 16.4 Å². The van der Waals surface area contributed by atoms with Crippen LogP contribution in [-0.4, -0.2) is 15.7 Å². The molecule has 122 valence electrons. The van der Waals surface area contributed by atoms with Gasteiger partial charge in [-0.2, -0.15) is 18.3 Å². The first-order valence-electron chi connectivity index (χ1n) is 6.81. The zero-order valence-corrected chi connectivity index (χ0v) is 12.5. The molecule has 0 saturated carbocycles. The van der Waals surface area contributed by atoms with Crippen LogP contribution in [0.2, 0.25) is 5.02 Å². The molecular formula is C14H12ClF3N4O. The predicted molar refractivity (Wildman–Crippen MR) is 77.3 cm³/mol. The maximum absolute atomic E-state index is 12.9. The molecule has 0 fully saturated rings.